The van der Waals surface area contributed by atoms with Crippen LogP contribution in [0.1, 0.15) is 11.1 Å². The maximum Gasteiger partial charge on any atom is 0.248 e. The number of halogens is 1. The van der Waals surface area contributed by atoms with Crippen molar-refractivity contribution in [2.75, 3.05) is 4.90 Å². The first-order chi connectivity index (χ1) is 13.1. The third-order valence-electron chi connectivity index (χ3n) is 4.38. The number of rotatable bonds is 4. The Balaban J connectivity index is 1.87. The summed E-state index contributed by atoms with van der Waals surface area (Å²) in [5.74, 6) is 0.195. The van der Waals surface area contributed by atoms with E-state index in [1.165, 1.54) is 12.1 Å². The molecule has 0 saturated carbocycles. The van der Waals surface area contributed by atoms with Gasteiger partial charge in [-0.05, 0) is 36.2 Å². The molecule has 4 aromatic rings. The molecule has 6 heteroatoms. The molecule has 2 aromatic carbocycles. The van der Waals surface area contributed by atoms with Crippen LogP contribution in [0.2, 0.25) is 0 Å². The van der Waals surface area contributed by atoms with E-state index in [4.69, 9.17) is 0 Å². The molecule has 0 aliphatic heterocycles. The number of anilines is 2. The molecule has 0 radical (unpaired) electrons. The number of fused-ring (bicyclic) bond motifs is 1. The molecule has 0 unspecified atom stereocenters. The Bertz CT molecular complexity index is 1160. The Kier molecular flexibility index (Phi) is 4.38. The van der Waals surface area contributed by atoms with Crippen LogP contribution < -0.4 is 10.5 Å². The fourth-order valence-electron chi connectivity index (χ4n) is 3.15. The van der Waals surface area contributed by atoms with Crippen molar-refractivity contribution in [3.63, 3.8) is 0 Å². The van der Waals surface area contributed by atoms with Gasteiger partial charge in [0.05, 0.1) is 18.3 Å². The Morgan fingerprint density at radius 3 is 2.74 bits per heavy atom. The minimum atomic E-state index is -0.451. The summed E-state index contributed by atoms with van der Waals surface area (Å²) in [5, 5.41) is 0.663. The van der Waals surface area contributed by atoms with Gasteiger partial charge in [-0.3, -0.25) is 9.78 Å². The summed E-state index contributed by atoms with van der Waals surface area (Å²) in [6, 6.07) is 14.2. The predicted octanol–water partition coefficient (Wildman–Crippen LogP) is 4.10. The molecule has 0 bridgehead atoms. The second-order valence-corrected chi connectivity index (χ2v) is 6.31. The monoisotopic (exact) mass is 360 g/mol. The summed E-state index contributed by atoms with van der Waals surface area (Å²) >= 11 is 0. The van der Waals surface area contributed by atoms with Crippen LogP contribution in [-0.4, -0.2) is 15.0 Å². The molecule has 1 N–H and O–H groups in total. The SMILES string of the molecule is Cc1cccc(N(Cc2cc(=O)[nH]c3c(F)cccc23)c2cnccn2)c1. The summed E-state index contributed by atoms with van der Waals surface area (Å²) in [7, 11) is 0. The van der Waals surface area contributed by atoms with E-state index in [-0.39, 0.29) is 11.1 Å². The number of nitrogens with one attached hydrogen (secondary N) is 1. The lowest BCUT2D eigenvalue weighted by molar-refractivity contribution is 0.636. The van der Waals surface area contributed by atoms with Crippen LogP contribution in [0, 0.1) is 12.7 Å². The van der Waals surface area contributed by atoms with Crippen molar-refractivity contribution in [2.45, 2.75) is 13.5 Å². The van der Waals surface area contributed by atoms with Crippen molar-refractivity contribution in [2.24, 2.45) is 0 Å². The van der Waals surface area contributed by atoms with Gasteiger partial charge in [0.2, 0.25) is 5.56 Å². The third kappa shape index (κ3) is 3.42. The van der Waals surface area contributed by atoms with E-state index >= 15 is 0 Å². The van der Waals surface area contributed by atoms with Gasteiger partial charge in [0.1, 0.15) is 5.82 Å². The first-order valence-corrected chi connectivity index (χ1v) is 8.52. The Morgan fingerprint density at radius 1 is 1.11 bits per heavy atom. The highest BCUT2D eigenvalue weighted by Gasteiger charge is 2.15. The topological polar surface area (TPSA) is 61.9 Å². The van der Waals surface area contributed by atoms with Crippen molar-refractivity contribution in [3.8, 4) is 0 Å². The highest BCUT2D eigenvalue weighted by Crippen LogP contribution is 2.28. The van der Waals surface area contributed by atoms with Gasteiger partial charge >= 0.3 is 0 Å². The second-order valence-electron chi connectivity index (χ2n) is 6.31. The van der Waals surface area contributed by atoms with Crippen LogP contribution in [0.25, 0.3) is 10.9 Å². The molecule has 0 amide bonds. The summed E-state index contributed by atoms with van der Waals surface area (Å²) in [6.07, 6.45) is 4.89. The lowest BCUT2D eigenvalue weighted by Gasteiger charge is -2.24. The molecular formula is C21H17FN4O. The number of pyridine rings is 1. The number of benzene rings is 2. The van der Waals surface area contributed by atoms with Crippen LogP contribution in [0.4, 0.5) is 15.9 Å². The summed E-state index contributed by atoms with van der Waals surface area (Å²) in [5.41, 5.74) is 2.60. The lowest BCUT2D eigenvalue weighted by Crippen LogP contribution is -2.20. The van der Waals surface area contributed by atoms with Crippen molar-refractivity contribution in [1.29, 1.82) is 0 Å². The number of aryl methyl sites for hydroxylation is 1. The van der Waals surface area contributed by atoms with Crippen molar-refractivity contribution >= 4 is 22.4 Å². The first-order valence-electron chi connectivity index (χ1n) is 8.52. The third-order valence-corrected chi connectivity index (χ3v) is 4.38. The number of H-pyrrole nitrogens is 1. The van der Waals surface area contributed by atoms with Crippen LogP contribution in [0.5, 0.6) is 0 Å². The maximum absolute atomic E-state index is 14.2. The smallest absolute Gasteiger partial charge is 0.248 e. The Morgan fingerprint density at radius 2 is 1.96 bits per heavy atom. The van der Waals surface area contributed by atoms with Gasteiger partial charge < -0.3 is 9.88 Å². The normalized spacial score (nSPS) is 10.9. The molecule has 2 aromatic heterocycles. The molecule has 4 rings (SSSR count). The highest BCUT2D eigenvalue weighted by molar-refractivity contribution is 5.83. The lowest BCUT2D eigenvalue weighted by atomic mass is 10.1. The molecule has 0 fully saturated rings. The molecule has 5 nitrogen and oxygen atoms in total. The fraction of sp³-hybridized carbons (Fsp3) is 0.0952. The number of aromatic amines is 1. The average molecular weight is 360 g/mol. The molecule has 0 saturated heterocycles. The van der Waals surface area contributed by atoms with Gasteiger partial charge in [0, 0.05) is 29.5 Å². The minimum Gasteiger partial charge on any atom is -0.321 e. The summed E-state index contributed by atoms with van der Waals surface area (Å²) < 4.78 is 14.2. The van der Waals surface area contributed by atoms with Gasteiger partial charge in [0.25, 0.3) is 0 Å². The molecule has 2 heterocycles. The van der Waals surface area contributed by atoms with Crippen molar-refractivity contribution in [3.05, 3.63) is 94.4 Å². The standard InChI is InChI=1S/C21H17FN4O/c1-14-4-2-5-16(10-14)26(19-12-23-8-9-24-19)13-15-11-20(27)25-21-17(15)6-3-7-18(21)22/h2-12H,13H2,1H3,(H,25,27). The number of hydrogen-bond donors (Lipinski definition) is 1. The Hall–Kier alpha value is -3.54. The molecular weight excluding hydrogens is 343 g/mol. The number of aromatic nitrogens is 3. The first kappa shape index (κ1) is 16.9. The number of nitrogens with zero attached hydrogens (tertiary/aromatic N) is 3. The van der Waals surface area contributed by atoms with E-state index in [0.717, 1.165) is 11.3 Å². The average Bonchev–Trinajstić information content (AvgIpc) is 2.67. The van der Waals surface area contributed by atoms with Gasteiger partial charge in [0.15, 0.2) is 5.82 Å². The summed E-state index contributed by atoms with van der Waals surface area (Å²) in [6.45, 7) is 2.36. The maximum atomic E-state index is 14.2. The largest absolute Gasteiger partial charge is 0.321 e. The summed E-state index contributed by atoms with van der Waals surface area (Å²) in [4.78, 5) is 25.2. The van der Waals surface area contributed by atoms with Gasteiger partial charge in [-0.2, -0.15) is 0 Å². The minimum absolute atomic E-state index is 0.211. The van der Waals surface area contributed by atoms with Crippen LogP contribution in [-0.2, 0) is 6.54 Å². The van der Waals surface area contributed by atoms with E-state index < -0.39 is 5.82 Å². The number of hydrogen-bond acceptors (Lipinski definition) is 4. The second kappa shape index (κ2) is 6.99. The van der Waals surface area contributed by atoms with Gasteiger partial charge in [-0.25, -0.2) is 9.37 Å². The molecule has 0 aliphatic carbocycles. The predicted molar refractivity (Wildman–Crippen MR) is 104 cm³/mol. The molecule has 27 heavy (non-hydrogen) atoms. The quantitative estimate of drug-likeness (QED) is 0.595. The van der Waals surface area contributed by atoms with Gasteiger partial charge in [-0.15, -0.1) is 0 Å². The van der Waals surface area contributed by atoms with E-state index in [1.54, 1.807) is 30.7 Å². The van der Waals surface area contributed by atoms with E-state index in [1.807, 2.05) is 36.1 Å². The van der Waals surface area contributed by atoms with Crippen molar-refractivity contribution in [1.82, 2.24) is 15.0 Å². The van der Waals surface area contributed by atoms with Crippen molar-refractivity contribution < 1.29 is 4.39 Å². The van der Waals surface area contributed by atoms with Gasteiger partial charge in [-0.1, -0.05) is 24.3 Å². The number of para-hydroxylation sites is 1. The van der Waals surface area contributed by atoms with Crippen LogP contribution >= 0.6 is 0 Å². The van der Waals surface area contributed by atoms with Crippen LogP contribution in [0.3, 0.4) is 0 Å². The molecule has 134 valence electrons. The Labute approximate surface area is 155 Å². The van der Waals surface area contributed by atoms with E-state index in [0.29, 0.717) is 23.3 Å². The zero-order valence-corrected chi connectivity index (χ0v) is 14.7. The van der Waals surface area contributed by atoms with Crippen LogP contribution in [0.15, 0.2) is 71.9 Å². The zero-order chi connectivity index (χ0) is 18.8. The molecule has 0 spiro atoms. The molecule has 0 aliphatic rings. The molecule has 0 atom stereocenters. The van der Waals surface area contributed by atoms with E-state index in [2.05, 4.69) is 15.0 Å². The van der Waals surface area contributed by atoms with E-state index in [9.17, 15) is 9.18 Å². The highest BCUT2D eigenvalue weighted by atomic mass is 19.1. The fourth-order valence-corrected chi connectivity index (χ4v) is 3.15. The zero-order valence-electron chi connectivity index (χ0n) is 14.7.